The second-order valence-corrected chi connectivity index (χ2v) is 9.42. The van der Waals surface area contributed by atoms with Crippen molar-refractivity contribution in [2.45, 2.75) is 38.0 Å². The van der Waals surface area contributed by atoms with Gasteiger partial charge in [-0.25, -0.2) is 13.1 Å². The van der Waals surface area contributed by atoms with Gasteiger partial charge in [-0.15, -0.1) is 12.4 Å². The van der Waals surface area contributed by atoms with Crippen LogP contribution in [0.5, 0.6) is 0 Å². The zero-order valence-corrected chi connectivity index (χ0v) is 18.0. The molecule has 0 spiro atoms. The fourth-order valence-electron chi connectivity index (χ4n) is 3.68. The standard InChI is InChI=1S/C19H26N4O3S.ClH/c1-14-17(15(2)23(22-14)16-7-5-4-6-8-16)13-21-18(24)19(27(3,25)26)9-11-20-12-10-19;/h4-8,20H,9-13H2,1-3H3,(H,21,24);1H. The Morgan fingerprint density at radius 2 is 1.82 bits per heavy atom. The number of aryl methyl sites for hydroxylation is 1. The molecule has 2 aromatic rings. The summed E-state index contributed by atoms with van der Waals surface area (Å²) < 4.78 is 25.2. The Hall–Kier alpha value is -1.90. The van der Waals surface area contributed by atoms with E-state index in [-0.39, 0.29) is 19.0 Å². The number of benzene rings is 1. The van der Waals surface area contributed by atoms with Crippen LogP contribution in [0.2, 0.25) is 0 Å². The first kappa shape index (κ1) is 22.4. The number of hydrogen-bond donors (Lipinski definition) is 2. The van der Waals surface area contributed by atoms with Gasteiger partial charge in [-0.2, -0.15) is 5.10 Å². The van der Waals surface area contributed by atoms with E-state index in [1.54, 1.807) is 0 Å². The van der Waals surface area contributed by atoms with E-state index in [9.17, 15) is 13.2 Å². The Balaban J connectivity index is 0.00000280. The fourth-order valence-corrected chi connectivity index (χ4v) is 5.03. The van der Waals surface area contributed by atoms with Crippen molar-refractivity contribution in [3.8, 4) is 5.69 Å². The number of halogens is 1. The highest BCUT2D eigenvalue weighted by molar-refractivity contribution is 7.92. The Bertz CT molecular complexity index is 936. The summed E-state index contributed by atoms with van der Waals surface area (Å²) >= 11 is 0. The molecule has 0 unspecified atom stereocenters. The van der Waals surface area contributed by atoms with Gasteiger partial charge >= 0.3 is 0 Å². The van der Waals surface area contributed by atoms with E-state index in [0.29, 0.717) is 25.9 Å². The first-order chi connectivity index (χ1) is 12.8. The molecule has 1 aliphatic heterocycles. The van der Waals surface area contributed by atoms with E-state index >= 15 is 0 Å². The zero-order chi connectivity index (χ0) is 19.7. The van der Waals surface area contributed by atoms with E-state index in [1.807, 2.05) is 48.9 Å². The lowest BCUT2D eigenvalue weighted by Gasteiger charge is -2.34. The average Bonchev–Trinajstić information content (AvgIpc) is 2.94. The molecular weight excluding hydrogens is 400 g/mol. The van der Waals surface area contributed by atoms with Crippen LogP contribution in [0.15, 0.2) is 30.3 Å². The van der Waals surface area contributed by atoms with Crippen LogP contribution in [-0.2, 0) is 21.2 Å². The van der Waals surface area contributed by atoms with Crippen molar-refractivity contribution in [3.63, 3.8) is 0 Å². The van der Waals surface area contributed by atoms with Crippen LogP contribution in [0.1, 0.15) is 29.8 Å². The number of carbonyl (C=O) groups is 1. The molecule has 0 bridgehead atoms. The highest BCUT2D eigenvalue weighted by Gasteiger charge is 2.48. The number of sulfone groups is 1. The van der Waals surface area contributed by atoms with Crippen molar-refractivity contribution in [1.29, 1.82) is 0 Å². The number of carbonyl (C=O) groups excluding carboxylic acids is 1. The van der Waals surface area contributed by atoms with E-state index in [2.05, 4.69) is 15.7 Å². The topological polar surface area (TPSA) is 93.1 Å². The number of aromatic nitrogens is 2. The zero-order valence-electron chi connectivity index (χ0n) is 16.4. The van der Waals surface area contributed by atoms with E-state index < -0.39 is 20.5 Å². The normalized spacial score (nSPS) is 16.2. The first-order valence-corrected chi connectivity index (χ1v) is 10.9. The SMILES string of the molecule is Cc1nn(-c2ccccc2)c(C)c1CNC(=O)C1(S(C)(=O)=O)CCNCC1.Cl. The van der Waals surface area contributed by atoms with Crippen LogP contribution in [0, 0.1) is 13.8 Å². The molecule has 0 radical (unpaired) electrons. The second-order valence-electron chi connectivity index (χ2n) is 7.10. The maximum absolute atomic E-state index is 12.9. The summed E-state index contributed by atoms with van der Waals surface area (Å²) in [4.78, 5) is 12.9. The fraction of sp³-hybridized carbons (Fsp3) is 0.474. The molecule has 9 heteroatoms. The quantitative estimate of drug-likeness (QED) is 0.758. The van der Waals surface area contributed by atoms with Gasteiger partial charge in [-0.1, -0.05) is 18.2 Å². The first-order valence-electron chi connectivity index (χ1n) is 9.05. The maximum Gasteiger partial charge on any atom is 0.241 e. The smallest absolute Gasteiger partial charge is 0.241 e. The van der Waals surface area contributed by atoms with Crippen molar-refractivity contribution in [2.24, 2.45) is 0 Å². The molecule has 1 fully saturated rings. The molecule has 154 valence electrons. The van der Waals surface area contributed by atoms with Crippen molar-refractivity contribution in [1.82, 2.24) is 20.4 Å². The Morgan fingerprint density at radius 1 is 1.21 bits per heavy atom. The lowest BCUT2D eigenvalue weighted by atomic mass is 9.95. The van der Waals surface area contributed by atoms with E-state index in [0.717, 1.165) is 28.9 Å². The number of nitrogens with zero attached hydrogens (tertiary/aromatic N) is 2. The minimum atomic E-state index is -3.52. The van der Waals surface area contributed by atoms with Crippen LogP contribution >= 0.6 is 12.4 Å². The third-order valence-electron chi connectivity index (χ3n) is 5.40. The number of hydrogen-bond acceptors (Lipinski definition) is 5. The number of nitrogens with one attached hydrogen (secondary N) is 2. The van der Waals surface area contributed by atoms with Crippen molar-refractivity contribution in [2.75, 3.05) is 19.3 Å². The van der Waals surface area contributed by atoms with Crippen LogP contribution in [0.4, 0.5) is 0 Å². The minimum absolute atomic E-state index is 0. The number of amides is 1. The molecule has 2 N–H and O–H groups in total. The molecule has 1 saturated heterocycles. The summed E-state index contributed by atoms with van der Waals surface area (Å²) in [5, 5.41) is 10.6. The van der Waals surface area contributed by atoms with Gasteiger partial charge in [0.2, 0.25) is 5.91 Å². The van der Waals surface area contributed by atoms with Gasteiger partial charge in [-0.05, 0) is 51.9 Å². The molecular formula is C19H27ClN4O3S. The van der Waals surface area contributed by atoms with Gasteiger partial charge < -0.3 is 10.6 Å². The molecule has 1 aromatic heterocycles. The molecule has 3 rings (SSSR count). The molecule has 1 amide bonds. The number of piperidine rings is 1. The van der Waals surface area contributed by atoms with Crippen molar-refractivity contribution < 1.29 is 13.2 Å². The number of para-hydroxylation sites is 1. The molecule has 0 atom stereocenters. The molecule has 0 saturated carbocycles. The lowest BCUT2D eigenvalue weighted by Crippen LogP contribution is -2.57. The molecule has 1 aliphatic rings. The van der Waals surface area contributed by atoms with Gasteiger partial charge in [0, 0.05) is 24.1 Å². The summed E-state index contributed by atoms with van der Waals surface area (Å²) in [5.74, 6) is -0.419. The van der Waals surface area contributed by atoms with Gasteiger partial charge in [0.05, 0.1) is 11.4 Å². The molecule has 0 aliphatic carbocycles. The predicted octanol–water partition coefficient (Wildman–Crippen LogP) is 1.69. The molecule has 7 nitrogen and oxygen atoms in total. The third kappa shape index (κ3) is 4.09. The van der Waals surface area contributed by atoms with Crippen LogP contribution in [0.25, 0.3) is 5.69 Å². The van der Waals surface area contributed by atoms with Crippen molar-refractivity contribution in [3.05, 3.63) is 47.3 Å². The Morgan fingerprint density at radius 3 is 2.39 bits per heavy atom. The molecule has 28 heavy (non-hydrogen) atoms. The maximum atomic E-state index is 12.9. The highest BCUT2D eigenvalue weighted by Crippen LogP contribution is 2.28. The predicted molar refractivity (Wildman–Crippen MR) is 112 cm³/mol. The number of rotatable bonds is 5. The average molecular weight is 427 g/mol. The van der Waals surface area contributed by atoms with Crippen molar-refractivity contribution >= 4 is 28.2 Å². The summed E-state index contributed by atoms with van der Waals surface area (Å²) in [5.41, 5.74) is 3.60. The third-order valence-corrected chi connectivity index (χ3v) is 7.42. The Kier molecular flexibility index (Phi) is 6.90. The largest absolute Gasteiger partial charge is 0.351 e. The monoisotopic (exact) mass is 426 g/mol. The highest BCUT2D eigenvalue weighted by atomic mass is 35.5. The van der Waals surface area contributed by atoms with Crippen LogP contribution in [0.3, 0.4) is 0 Å². The summed E-state index contributed by atoms with van der Waals surface area (Å²) in [6, 6.07) is 9.77. The summed E-state index contributed by atoms with van der Waals surface area (Å²) in [6.45, 7) is 5.14. The second kappa shape index (κ2) is 8.63. The summed E-state index contributed by atoms with van der Waals surface area (Å²) in [6.07, 6.45) is 1.74. The van der Waals surface area contributed by atoms with Gasteiger partial charge in [0.15, 0.2) is 14.6 Å². The van der Waals surface area contributed by atoms with Gasteiger partial charge in [0.1, 0.15) is 0 Å². The molecule has 2 heterocycles. The molecule has 1 aromatic carbocycles. The minimum Gasteiger partial charge on any atom is -0.351 e. The van der Waals surface area contributed by atoms with Crippen LogP contribution in [-0.4, -0.2) is 48.2 Å². The van der Waals surface area contributed by atoms with Gasteiger partial charge in [0.25, 0.3) is 0 Å². The van der Waals surface area contributed by atoms with Gasteiger partial charge in [-0.3, -0.25) is 4.79 Å². The van der Waals surface area contributed by atoms with Crippen LogP contribution < -0.4 is 10.6 Å². The van der Waals surface area contributed by atoms with E-state index in [1.165, 1.54) is 0 Å². The summed E-state index contributed by atoms with van der Waals surface area (Å²) in [7, 11) is -3.52. The van der Waals surface area contributed by atoms with E-state index in [4.69, 9.17) is 0 Å². The Labute approximate surface area is 172 Å². The lowest BCUT2D eigenvalue weighted by molar-refractivity contribution is -0.124.